The summed E-state index contributed by atoms with van der Waals surface area (Å²) in [6.07, 6.45) is 3.76. The summed E-state index contributed by atoms with van der Waals surface area (Å²) >= 11 is 0. The number of hydrogen-bond donors (Lipinski definition) is 1. The number of nitrogens with zero attached hydrogens (tertiary/aromatic N) is 2. The molecular formula is C30H29N3O3. The Labute approximate surface area is 211 Å². The minimum absolute atomic E-state index is 0.167. The highest BCUT2D eigenvalue weighted by Crippen LogP contribution is 2.16. The van der Waals surface area contributed by atoms with Gasteiger partial charge in [-0.2, -0.15) is 0 Å². The minimum atomic E-state index is -0.721. The molecule has 1 heterocycles. The molecular weight excluding hydrogens is 450 g/mol. The number of aromatic nitrogens is 1. The van der Waals surface area contributed by atoms with Gasteiger partial charge < -0.3 is 15.0 Å². The van der Waals surface area contributed by atoms with E-state index in [2.05, 4.69) is 10.3 Å². The molecule has 0 aliphatic heterocycles. The van der Waals surface area contributed by atoms with E-state index in [-0.39, 0.29) is 25.0 Å². The standard InChI is InChI=1S/C30H29N3O3/c34-29(23-36-27-14-8-3-9-15-27)33(22-26-12-6-2-7-13-26)28(20-24-10-4-1-5-11-24)30(35)32-21-25-16-18-31-19-17-25/h1-19,28H,20-23H2,(H,32,35). The second kappa shape index (κ2) is 12.9. The molecule has 6 heteroatoms. The van der Waals surface area contributed by atoms with Crippen LogP contribution in [0.15, 0.2) is 116 Å². The molecule has 1 atom stereocenters. The highest BCUT2D eigenvalue weighted by Gasteiger charge is 2.30. The lowest BCUT2D eigenvalue weighted by atomic mass is 10.0. The van der Waals surface area contributed by atoms with Gasteiger partial charge in [-0.3, -0.25) is 14.6 Å². The number of pyridine rings is 1. The van der Waals surface area contributed by atoms with Gasteiger partial charge in [0.05, 0.1) is 0 Å². The number of carbonyl (C=O) groups excluding carboxylic acids is 2. The molecule has 0 aliphatic carbocycles. The van der Waals surface area contributed by atoms with Crippen LogP contribution in [0.2, 0.25) is 0 Å². The molecule has 182 valence electrons. The quantitative estimate of drug-likeness (QED) is 0.346. The molecule has 2 amide bonds. The van der Waals surface area contributed by atoms with E-state index in [1.54, 1.807) is 29.4 Å². The monoisotopic (exact) mass is 479 g/mol. The number of para-hydroxylation sites is 1. The lowest BCUT2D eigenvalue weighted by Gasteiger charge is -2.31. The number of rotatable bonds is 11. The van der Waals surface area contributed by atoms with E-state index < -0.39 is 6.04 Å². The number of amides is 2. The third-order valence-corrected chi connectivity index (χ3v) is 5.79. The van der Waals surface area contributed by atoms with E-state index >= 15 is 0 Å². The van der Waals surface area contributed by atoms with Crippen LogP contribution in [-0.2, 0) is 29.1 Å². The molecule has 0 spiro atoms. The average Bonchev–Trinajstić information content (AvgIpc) is 2.94. The van der Waals surface area contributed by atoms with Crippen molar-refractivity contribution in [3.63, 3.8) is 0 Å². The highest BCUT2D eigenvalue weighted by atomic mass is 16.5. The van der Waals surface area contributed by atoms with Gasteiger partial charge in [0.1, 0.15) is 11.8 Å². The van der Waals surface area contributed by atoms with Crippen LogP contribution in [0.5, 0.6) is 5.75 Å². The lowest BCUT2D eigenvalue weighted by Crippen LogP contribution is -2.51. The van der Waals surface area contributed by atoms with Crippen LogP contribution < -0.4 is 10.1 Å². The fraction of sp³-hybridized carbons (Fsp3) is 0.167. The fourth-order valence-electron chi connectivity index (χ4n) is 3.89. The first-order chi connectivity index (χ1) is 17.7. The molecule has 4 rings (SSSR count). The number of ether oxygens (including phenoxy) is 1. The summed E-state index contributed by atoms with van der Waals surface area (Å²) in [5.74, 6) is 0.120. The Morgan fingerprint density at radius 1 is 0.750 bits per heavy atom. The zero-order valence-electron chi connectivity index (χ0n) is 20.0. The van der Waals surface area contributed by atoms with Crippen molar-refractivity contribution < 1.29 is 14.3 Å². The number of benzene rings is 3. The van der Waals surface area contributed by atoms with E-state index in [0.29, 0.717) is 18.7 Å². The van der Waals surface area contributed by atoms with Gasteiger partial charge in [0.25, 0.3) is 5.91 Å². The molecule has 1 unspecified atom stereocenters. The van der Waals surface area contributed by atoms with Gasteiger partial charge in [0, 0.05) is 31.9 Å². The van der Waals surface area contributed by atoms with E-state index in [1.807, 2.05) is 91.0 Å². The maximum atomic E-state index is 13.6. The van der Waals surface area contributed by atoms with Crippen molar-refractivity contribution in [2.24, 2.45) is 0 Å². The van der Waals surface area contributed by atoms with E-state index in [4.69, 9.17) is 4.74 Å². The summed E-state index contributed by atoms with van der Waals surface area (Å²) in [6.45, 7) is 0.471. The Morgan fingerprint density at radius 3 is 1.97 bits per heavy atom. The predicted molar refractivity (Wildman–Crippen MR) is 139 cm³/mol. The van der Waals surface area contributed by atoms with Crippen LogP contribution in [0, 0.1) is 0 Å². The van der Waals surface area contributed by atoms with Crippen LogP contribution >= 0.6 is 0 Å². The molecule has 0 radical (unpaired) electrons. The Hall–Kier alpha value is -4.45. The third-order valence-electron chi connectivity index (χ3n) is 5.79. The maximum Gasteiger partial charge on any atom is 0.261 e. The van der Waals surface area contributed by atoms with Crippen LogP contribution in [0.25, 0.3) is 0 Å². The van der Waals surface area contributed by atoms with Gasteiger partial charge in [-0.1, -0.05) is 78.9 Å². The number of hydrogen-bond acceptors (Lipinski definition) is 4. The molecule has 0 aliphatic rings. The van der Waals surface area contributed by atoms with Crippen LogP contribution in [0.4, 0.5) is 0 Å². The summed E-state index contributed by atoms with van der Waals surface area (Å²) in [7, 11) is 0. The topological polar surface area (TPSA) is 71.5 Å². The SMILES string of the molecule is O=C(NCc1ccncc1)C(Cc1ccccc1)N(Cc1ccccc1)C(=O)COc1ccccc1. The molecule has 4 aromatic rings. The van der Waals surface area contributed by atoms with Crippen molar-refractivity contribution in [1.82, 2.24) is 15.2 Å². The van der Waals surface area contributed by atoms with Gasteiger partial charge >= 0.3 is 0 Å². The fourth-order valence-corrected chi connectivity index (χ4v) is 3.89. The second-order valence-corrected chi connectivity index (χ2v) is 8.39. The average molecular weight is 480 g/mol. The van der Waals surface area contributed by atoms with Crippen molar-refractivity contribution in [2.45, 2.75) is 25.6 Å². The summed E-state index contributed by atoms with van der Waals surface area (Å²) in [6, 6.07) is 31.6. The summed E-state index contributed by atoms with van der Waals surface area (Å²) in [5.41, 5.74) is 2.84. The van der Waals surface area contributed by atoms with Crippen molar-refractivity contribution in [3.8, 4) is 5.75 Å². The summed E-state index contributed by atoms with van der Waals surface area (Å²) in [5, 5.41) is 3.01. The van der Waals surface area contributed by atoms with Crippen LogP contribution in [0.3, 0.4) is 0 Å². The maximum absolute atomic E-state index is 13.6. The van der Waals surface area contributed by atoms with E-state index in [0.717, 1.165) is 16.7 Å². The Kier molecular flexibility index (Phi) is 8.81. The van der Waals surface area contributed by atoms with Gasteiger partial charge in [-0.15, -0.1) is 0 Å². The normalized spacial score (nSPS) is 11.3. The smallest absolute Gasteiger partial charge is 0.261 e. The molecule has 36 heavy (non-hydrogen) atoms. The summed E-state index contributed by atoms with van der Waals surface area (Å²) in [4.78, 5) is 32.8. The minimum Gasteiger partial charge on any atom is -0.484 e. The number of nitrogens with one attached hydrogen (secondary N) is 1. The lowest BCUT2D eigenvalue weighted by molar-refractivity contribution is -0.142. The van der Waals surface area contributed by atoms with Gasteiger partial charge in [0.15, 0.2) is 6.61 Å². The molecule has 0 fully saturated rings. The van der Waals surface area contributed by atoms with Crippen molar-refractivity contribution in [3.05, 3.63) is 132 Å². The molecule has 6 nitrogen and oxygen atoms in total. The Balaban J connectivity index is 1.59. The first-order valence-corrected chi connectivity index (χ1v) is 11.9. The largest absolute Gasteiger partial charge is 0.484 e. The molecule has 1 aromatic heterocycles. The second-order valence-electron chi connectivity index (χ2n) is 8.39. The molecule has 3 aromatic carbocycles. The Bertz CT molecular complexity index is 1120. The Morgan fingerprint density at radius 2 is 1.33 bits per heavy atom. The van der Waals surface area contributed by atoms with Gasteiger partial charge in [-0.25, -0.2) is 0 Å². The molecule has 0 saturated heterocycles. The highest BCUT2D eigenvalue weighted by molar-refractivity contribution is 5.88. The van der Waals surface area contributed by atoms with Gasteiger partial charge in [-0.05, 0) is 41.0 Å². The zero-order chi connectivity index (χ0) is 25.0. The van der Waals surface area contributed by atoms with Crippen molar-refractivity contribution in [2.75, 3.05) is 6.61 Å². The predicted octanol–water partition coefficient (Wildman–Crippen LogP) is 4.42. The van der Waals surface area contributed by atoms with Crippen molar-refractivity contribution in [1.29, 1.82) is 0 Å². The molecule has 0 bridgehead atoms. The number of carbonyl (C=O) groups is 2. The first-order valence-electron chi connectivity index (χ1n) is 11.9. The zero-order valence-corrected chi connectivity index (χ0v) is 20.0. The third kappa shape index (κ3) is 7.27. The van der Waals surface area contributed by atoms with E-state index in [1.165, 1.54) is 0 Å². The van der Waals surface area contributed by atoms with Crippen LogP contribution in [-0.4, -0.2) is 34.3 Å². The van der Waals surface area contributed by atoms with Crippen molar-refractivity contribution >= 4 is 11.8 Å². The van der Waals surface area contributed by atoms with Gasteiger partial charge in [0.2, 0.25) is 5.91 Å². The first kappa shape index (κ1) is 24.7. The summed E-state index contributed by atoms with van der Waals surface area (Å²) < 4.78 is 5.77. The van der Waals surface area contributed by atoms with Crippen LogP contribution in [0.1, 0.15) is 16.7 Å². The van der Waals surface area contributed by atoms with E-state index in [9.17, 15) is 9.59 Å². The molecule has 0 saturated carbocycles. The molecule has 1 N–H and O–H groups in total.